The first-order valence-corrected chi connectivity index (χ1v) is 22.3. The number of nitrogens with zero attached hydrogens (tertiary/aromatic N) is 1. The molecule has 0 atom stereocenters. The Hall–Kier alpha value is -8.52. The van der Waals surface area contributed by atoms with Crippen LogP contribution in [-0.2, 0) is 0 Å². The van der Waals surface area contributed by atoms with Crippen molar-refractivity contribution in [1.82, 2.24) is 0 Å². The summed E-state index contributed by atoms with van der Waals surface area (Å²) in [5, 5.41) is 2.47. The van der Waals surface area contributed by atoms with E-state index in [9.17, 15) is 0 Å². The lowest BCUT2D eigenvalue weighted by atomic mass is 9.87. The second kappa shape index (κ2) is 17.7. The van der Waals surface area contributed by atoms with Crippen LogP contribution < -0.4 is 4.90 Å². The molecule has 0 fully saturated rings. The number of hydrogen-bond donors (Lipinski definition) is 0. The van der Waals surface area contributed by atoms with Gasteiger partial charge in [-0.15, -0.1) is 0 Å². The van der Waals surface area contributed by atoms with Crippen LogP contribution in [0.1, 0.15) is 0 Å². The molecule has 11 aromatic rings. The Balaban J connectivity index is 1.07. The highest BCUT2D eigenvalue weighted by Gasteiger charge is 2.21. The molecule has 0 N–H and O–H groups in total. The van der Waals surface area contributed by atoms with Gasteiger partial charge in [-0.05, 0) is 119 Å². The predicted octanol–water partition coefficient (Wildman–Crippen LogP) is 18.0. The predicted molar refractivity (Wildman–Crippen MR) is 277 cm³/mol. The lowest BCUT2D eigenvalue weighted by Gasteiger charge is -2.29. The van der Waals surface area contributed by atoms with Crippen LogP contribution in [0.2, 0.25) is 0 Å². The zero-order chi connectivity index (χ0) is 43.4. The fraction of sp³-hybridized carbons (Fsp3) is 0. The van der Waals surface area contributed by atoms with E-state index in [-0.39, 0.29) is 0 Å². The fourth-order valence-electron chi connectivity index (χ4n) is 9.30. The number of rotatable bonds is 10. The molecule has 0 bridgehead atoms. The van der Waals surface area contributed by atoms with Crippen molar-refractivity contribution in [3.63, 3.8) is 0 Å². The average molecular weight is 828 g/mol. The van der Waals surface area contributed by atoms with Gasteiger partial charge in [0.1, 0.15) is 0 Å². The molecule has 0 heterocycles. The standard InChI is InChI=1S/C64H45N/c1-4-18-46(19-5-1)48-34-36-49(37-35-48)50-38-41-55(42-39-50)65(56-27-16-26-54(44-56)58-32-17-25-52-24-10-11-28-57(52)58)64-33-15-14-31-62(64)60-29-12-13-30-61(60)63-45-53(47-20-6-2-7-21-47)40-43-59(63)51-22-8-3-9-23-51/h1-45H. The molecule has 0 unspecified atom stereocenters. The summed E-state index contributed by atoms with van der Waals surface area (Å²) < 4.78 is 0. The van der Waals surface area contributed by atoms with E-state index < -0.39 is 0 Å². The van der Waals surface area contributed by atoms with Crippen molar-refractivity contribution in [2.24, 2.45) is 0 Å². The molecule has 11 aromatic carbocycles. The minimum absolute atomic E-state index is 1.07. The first kappa shape index (κ1) is 39.3. The molecule has 306 valence electrons. The molecular formula is C64H45N. The molecule has 0 amide bonds. The molecule has 0 saturated carbocycles. The smallest absolute Gasteiger partial charge is 0.0540 e. The topological polar surface area (TPSA) is 3.24 Å². The summed E-state index contributed by atoms with van der Waals surface area (Å²) in [6.07, 6.45) is 0. The van der Waals surface area contributed by atoms with E-state index in [1.165, 1.54) is 77.5 Å². The van der Waals surface area contributed by atoms with Gasteiger partial charge in [0.2, 0.25) is 0 Å². The van der Waals surface area contributed by atoms with Gasteiger partial charge in [-0.25, -0.2) is 0 Å². The van der Waals surface area contributed by atoms with Gasteiger partial charge in [0.05, 0.1) is 5.69 Å². The van der Waals surface area contributed by atoms with Crippen LogP contribution in [-0.4, -0.2) is 0 Å². The van der Waals surface area contributed by atoms with Crippen molar-refractivity contribution in [3.8, 4) is 77.9 Å². The lowest BCUT2D eigenvalue weighted by Crippen LogP contribution is -2.11. The Morgan fingerprint density at radius 1 is 0.200 bits per heavy atom. The van der Waals surface area contributed by atoms with Crippen LogP contribution in [0.15, 0.2) is 273 Å². The first-order valence-electron chi connectivity index (χ1n) is 22.3. The van der Waals surface area contributed by atoms with Gasteiger partial charge in [-0.3, -0.25) is 0 Å². The largest absolute Gasteiger partial charge is 0.310 e. The van der Waals surface area contributed by atoms with Crippen LogP contribution in [0.4, 0.5) is 17.1 Å². The summed E-state index contributed by atoms with van der Waals surface area (Å²) in [6.45, 7) is 0. The van der Waals surface area contributed by atoms with Crippen molar-refractivity contribution in [2.45, 2.75) is 0 Å². The van der Waals surface area contributed by atoms with E-state index >= 15 is 0 Å². The molecule has 1 nitrogen and oxygen atoms in total. The van der Waals surface area contributed by atoms with E-state index in [2.05, 4.69) is 278 Å². The van der Waals surface area contributed by atoms with Gasteiger partial charge in [0.15, 0.2) is 0 Å². The summed E-state index contributed by atoms with van der Waals surface area (Å²) >= 11 is 0. The van der Waals surface area contributed by atoms with Crippen LogP contribution in [0.25, 0.3) is 88.7 Å². The number of para-hydroxylation sites is 1. The van der Waals surface area contributed by atoms with Gasteiger partial charge >= 0.3 is 0 Å². The molecule has 0 aliphatic rings. The summed E-state index contributed by atoms with van der Waals surface area (Å²) in [5.74, 6) is 0. The molecule has 65 heavy (non-hydrogen) atoms. The molecule has 0 saturated heterocycles. The molecule has 1 heteroatoms. The zero-order valence-corrected chi connectivity index (χ0v) is 35.9. The minimum atomic E-state index is 1.07. The maximum atomic E-state index is 2.43. The van der Waals surface area contributed by atoms with Crippen molar-refractivity contribution in [1.29, 1.82) is 0 Å². The Kier molecular flexibility index (Phi) is 10.7. The SMILES string of the molecule is c1ccc(-c2ccc(-c3ccc(N(c4cccc(-c5cccc6ccccc56)c4)c4ccccc4-c4ccccc4-c4cc(-c5ccccc5)ccc4-c4ccccc4)cc3)cc2)cc1. The van der Waals surface area contributed by atoms with Crippen molar-refractivity contribution in [2.75, 3.05) is 4.90 Å². The van der Waals surface area contributed by atoms with Crippen molar-refractivity contribution < 1.29 is 0 Å². The van der Waals surface area contributed by atoms with E-state index in [1.807, 2.05) is 0 Å². The fourth-order valence-corrected chi connectivity index (χ4v) is 9.30. The first-order chi connectivity index (χ1) is 32.2. The Morgan fingerprint density at radius 2 is 0.646 bits per heavy atom. The van der Waals surface area contributed by atoms with E-state index in [0.29, 0.717) is 0 Å². The molecule has 0 radical (unpaired) electrons. The minimum Gasteiger partial charge on any atom is -0.310 e. The van der Waals surface area contributed by atoms with Gasteiger partial charge in [-0.1, -0.05) is 237 Å². The lowest BCUT2D eigenvalue weighted by molar-refractivity contribution is 1.28. The van der Waals surface area contributed by atoms with Gasteiger partial charge < -0.3 is 4.90 Å². The second-order valence-electron chi connectivity index (χ2n) is 16.5. The third-order valence-corrected chi connectivity index (χ3v) is 12.5. The molecule has 0 aromatic heterocycles. The average Bonchev–Trinajstić information content (AvgIpc) is 3.40. The zero-order valence-electron chi connectivity index (χ0n) is 35.9. The van der Waals surface area contributed by atoms with Crippen LogP contribution in [0.3, 0.4) is 0 Å². The summed E-state index contributed by atoms with van der Waals surface area (Å²) in [6, 6.07) is 98.9. The van der Waals surface area contributed by atoms with Crippen LogP contribution >= 0.6 is 0 Å². The maximum Gasteiger partial charge on any atom is 0.0540 e. The Bertz CT molecular complexity index is 3390. The normalized spacial score (nSPS) is 11.1. The summed E-state index contributed by atoms with van der Waals surface area (Å²) in [5.41, 5.74) is 19.8. The third kappa shape index (κ3) is 7.93. The highest BCUT2D eigenvalue weighted by atomic mass is 15.1. The van der Waals surface area contributed by atoms with Crippen molar-refractivity contribution in [3.05, 3.63) is 273 Å². The molecule has 11 rings (SSSR count). The quantitative estimate of drug-likeness (QED) is 0.133. The number of anilines is 3. The maximum absolute atomic E-state index is 2.43. The Morgan fingerprint density at radius 3 is 1.32 bits per heavy atom. The highest BCUT2D eigenvalue weighted by Crippen LogP contribution is 2.47. The molecule has 0 spiro atoms. The van der Waals surface area contributed by atoms with Crippen LogP contribution in [0.5, 0.6) is 0 Å². The number of fused-ring (bicyclic) bond motifs is 1. The highest BCUT2D eigenvalue weighted by molar-refractivity contribution is 6.00. The molecule has 0 aliphatic heterocycles. The van der Waals surface area contributed by atoms with E-state index in [4.69, 9.17) is 0 Å². The Labute approximate surface area is 381 Å². The number of hydrogen-bond acceptors (Lipinski definition) is 1. The van der Waals surface area contributed by atoms with Gasteiger partial charge in [-0.2, -0.15) is 0 Å². The van der Waals surface area contributed by atoms with E-state index in [1.54, 1.807) is 0 Å². The summed E-state index contributed by atoms with van der Waals surface area (Å²) in [4.78, 5) is 2.43. The summed E-state index contributed by atoms with van der Waals surface area (Å²) in [7, 11) is 0. The van der Waals surface area contributed by atoms with Crippen LogP contribution in [0, 0.1) is 0 Å². The van der Waals surface area contributed by atoms with Gasteiger partial charge in [0, 0.05) is 16.9 Å². The van der Waals surface area contributed by atoms with Crippen molar-refractivity contribution >= 4 is 27.8 Å². The second-order valence-corrected chi connectivity index (χ2v) is 16.5. The number of benzene rings is 11. The monoisotopic (exact) mass is 827 g/mol. The van der Waals surface area contributed by atoms with E-state index in [0.717, 1.165) is 28.2 Å². The molecule has 0 aliphatic carbocycles. The molecular weight excluding hydrogens is 783 g/mol. The van der Waals surface area contributed by atoms with Gasteiger partial charge in [0.25, 0.3) is 0 Å². The third-order valence-electron chi connectivity index (χ3n) is 12.5.